The average Bonchev–Trinajstić information content (AvgIpc) is 2.88. The van der Waals surface area contributed by atoms with Crippen molar-refractivity contribution in [3.05, 3.63) is 88.6 Å². The van der Waals surface area contributed by atoms with Gasteiger partial charge < -0.3 is 4.42 Å². The van der Waals surface area contributed by atoms with Gasteiger partial charge in [-0.3, -0.25) is 5.32 Å². The fourth-order valence-electron chi connectivity index (χ4n) is 2.64. The van der Waals surface area contributed by atoms with Crippen LogP contribution in [0.1, 0.15) is 40.1 Å². The van der Waals surface area contributed by atoms with Crippen LogP contribution in [0.25, 0.3) is 0 Å². The van der Waals surface area contributed by atoms with Crippen molar-refractivity contribution in [2.75, 3.05) is 0 Å². The maximum absolute atomic E-state index is 5.68. The third-order valence-electron chi connectivity index (χ3n) is 4.07. The minimum Gasteiger partial charge on any atom is -0.444 e. The number of rotatable bonds is 5. The molecule has 0 saturated carbocycles. The van der Waals surface area contributed by atoms with Crippen molar-refractivity contribution in [3.63, 3.8) is 0 Å². The van der Waals surface area contributed by atoms with Gasteiger partial charge in [-0.1, -0.05) is 60.2 Å². The van der Waals surface area contributed by atoms with E-state index in [0.717, 1.165) is 17.3 Å². The molecule has 1 N–H and O–H groups in total. The lowest BCUT2D eigenvalue weighted by Crippen LogP contribution is -2.22. The predicted octanol–water partition coefficient (Wildman–Crippen LogP) is 4.48. The van der Waals surface area contributed by atoms with Crippen molar-refractivity contribution < 1.29 is 4.42 Å². The number of nitrogens with one attached hydrogen (secondary N) is 1. The Labute approximate surface area is 137 Å². The first-order valence-electron chi connectivity index (χ1n) is 7.91. The summed E-state index contributed by atoms with van der Waals surface area (Å²) in [6.45, 7) is 6.62. The van der Waals surface area contributed by atoms with Gasteiger partial charge in [-0.05, 0) is 31.9 Å². The smallest absolute Gasteiger partial charge is 0.208 e. The Balaban J connectivity index is 1.84. The van der Waals surface area contributed by atoms with E-state index in [0.29, 0.717) is 6.54 Å². The Morgan fingerprint density at radius 3 is 2.17 bits per heavy atom. The SMILES string of the molecule is Cc1ccc(C(NCc2nc(C)c(C)o2)c2ccccc2)cc1. The van der Waals surface area contributed by atoms with Crippen molar-refractivity contribution in [1.82, 2.24) is 10.3 Å². The number of aromatic nitrogens is 1. The third kappa shape index (κ3) is 3.69. The van der Waals surface area contributed by atoms with Crippen LogP contribution >= 0.6 is 0 Å². The van der Waals surface area contributed by atoms with E-state index < -0.39 is 0 Å². The van der Waals surface area contributed by atoms with Crippen LogP contribution < -0.4 is 5.32 Å². The summed E-state index contributed by atoms with van der Waals surface area (Å²) in [4.78, 5) is 4.45. The molecule has 1 unspecified atom stereocenters. The van der Waals surface area contributed by atoms with E-state index in [9.17, 15) is 0 Å². The summed E-state index contributed by atoms with van der Waals surface area (Å²) in [5, 5.41) is 3.57. The zero-order valence-corrected chi connectivity index (χ0v) is 13.8. The second kappa shape index (κ2) is 6.80. The molecular weight excluding hydrogens is 284 g/mol. The van der Waals surface area contributed by atoms with E-state index in [2.05, 4.69) is 65.8 Å². The molecule has 0 fully saturated rings. The topological polar surface area (TPSA) is 38.1 Å². The van der Waals surface area contributed by atoms with Crippen LogP contribution in [0.15, 0.2) is 59.0 Å². The first-order valence-corrected chi connectivity index (χ1v) is 7.91. The Bertz CT molecular complexity index is 741. The van der Waals surface area contributed by atoms with Gasteiger partial charge in [0.05, 0.1) is 18.3 Å². The van der Waals surface area contributed by atoms with Gasteiger partial charge in [0.25, 0.3) is 0 Å². The lowest BCUT2D eigenvalue weighted by Gasteiger charge is -2.19. The number of hydrogen-bond donors (Lipinski definition) is 1. The quantitative estimate of drug-likeness (QED) is 0.755. The zero-order chi connectivity index (χ0) is 16.2. The maximum Gasteiger partial charge on any atom is 0.208 e. The van der Waals surface area contributed by atoms with Gasteiger partial charge in [0, 0.05) is 0 Å². The Morgan fingerprint density at radius 1 is 0.913 bits per heavy atom. The molecule has 3 nitrogen and oxygen atoms in total. The standard InChI is InChI=1S/C20H22N2O/c1-14-9-11-18(12-10-14)20(17-7-5-4-6-8-17)21-13-19-22-15(2)16(3)23-19/h4-12,20-21H,13H2,1-3H3. The highest BCUT2D eigenvalue weighted by molar-refractivity contribution is 5.33. The van der Waals surface area contributed by atoms with Gasteiger partial charge in [-0.15, -0.1) is 0 Å². The number of aryl methyl sites for hydroxylation is 3. The Hall–Kier alpha value is -2.39. The molecular formula is C20H22N2O. The van der Waals surface area contributed by atoms with Crippen molar-refractivity contribution in [2.24, 2.45) is 0 Å². The Morgan fingerprint density at radius 2 is 1.57 bits per heavy atom. The molecule has 1 aromatic heterocycles. The molecule has 0 bridgehead atoms. The molecule has 3 heteroatoms. The highest BCUT2D eigenvalue weighted by Gasteiger charge is 2.15. The Kier molecular flexibility index (Phi) is 4.58. The molecule has 2 aromatic carbocycles. The number of oxazole rings is 1. The van der Waals surface area contributed by atoms with E-state index >= 15 is 0 Å². The van der Waals surface area contributed by atoms with Crippen LogP contribution in [0.4, 0.5) is 0 Å². The molecule has 3 aromatic rings. The molecule has 118 valence electrons. The molecule has 3 rings (SSSR count). The van der Waals surface area contributed by atoms with E-state index in [4.69, 9.17) is 4.42 Å². The summed E-state index contributed by atoms with van der Waals surface area (Å²) in [5.74, 6) is 1.61. The normalized spacial score (nSPS) is 12.3. The first kappa shape index (κ1) is 15.5. The van der Waals surface area contributed by atoms with Gasteiger partial charge in [0.2, 0.25) is 5.89 Å². The molecule has 0 saturated heterocycles. The summed E-state index contributed by atoms with van der Waals surface area (Å²) >= 11 is 0. The monoisotopic (exact) mass is 306 g/mol. The van der Waals surface area contributed by atoms with Gasteiger partial charge >= 0.3 is 0 Å². The molecule has 1 atom stereocenters. The summed E-state index contributed by atoms with van der Waals surface area (Å²) < 4.78 is 5.68. The van der Waals surface area contributed by atoms with Crippen molar-refractivity contribution in [2.45, 2.75) is 33.4 Å². The second-order valence-corrected chi connectivity index (χ2v) is 5.88. The minimum absolute atomic E-state index is 0.115. The van der Waals surface area contributed by atoms with Gasteiger partial charge in [0.1, 0.15) is 5.76 Å². The van der Waals surface area contributed by atoms with E-state index in [-0.39, 0.29) is 6.04 Å². The molecule has 0 amide bonds. The van der Waals surface area contributed by atoms with Gasteiger partial charge in [-0.2, -0.15) is 0 Å². The number of nitrogens with zero attached hydrogens (tertiary/aromatic N) is 1. The van der Waals surface area contributed by atoms with Crippen LogP contribution in [0.5, 0.6) is 0 Å². The molecule has 0 aliphatic rings. The minimum atomic E-state index is 0.115. The maximum atomic E-state index is 5.68. The first-order chi connectivity index (χ1) is 11.1. The molecule has 1 heterocycles. The third-order valence-corrected chi connectivity index (χ3v) is 4.07. The van der Waals surface area contributed by atoms with Crippen LogP contribution in [0, 0.1) is 20.8 Å². The second-order valence-electron chi connectivity index (χ2n) is 5.88. The highest BCUT2D eigenvalue weighted by Crippen LogP contribution is 2.23. The van der Waals surface area contributed by atoms with E-state index in [1.807, 2.05) is 19.9 Å². The predicted molar refractivity (Wildman–Crippen MR) is 92.3 cm³/mol. The van der Waals surface area contributed by atoms with E-state index in [1.165, 1.54) is 16.7 Å². The number of hydrogen-bond acceptors (Lipinski definition) is 3. The van der Waals surface area contributed by atoms with Crippen LogP contribution in [-0.2, 0) is 6.54 Å². The highest BCUT2D eigenvalue weighted by atomic mass is 16.4. The van der Waals surface area contributed by atoms with Crippen molar-refractivity contribution in [3.8, 4) is 0 Å². The van der Waals surface area contributed by atoms with Gasteiger partial charge in [-0.25, -0.2) is 4.98 Å². The summed E-state index contributed by atoms with van der Waals surface area (Å²) in [6.07, 6.45) is 0. The fourth-order valence-corrected chi connectivity index (χ4v) is 2.64. The summed E-state index contributed by atoms with van der Waals surface area (Å²) in [5.41, 5.74) is 4.69. The largest absolute Gasteiger partial charge is 0.444 e. The summed E-state index contributed by atoms with van der Waals surface area (Å²) in [7, 11) is 0. The fraction of sp³-hybridized carbons (Fsp3) is 0.250. The van der Waals surface area contributed by atoms with Crippen LogP contribution in [0.3, 0.4) is 0 Å². The average molecular weight is 306 g/mol. The number of benzene rings is 2. The lowest BCUT2D eigenvalue weighted by molar-refractivity contribution is 0.437. The molecule has 23 heavy (non-hydrogen) atoms. The zero-order valence-electron chi connectivity index (χ0n) is 13.8. The van der Waals surface area contributed by atoms with Crippen molar-refractivity contribution >= 4 is 0 Å². The van der Waals surface area contributed by atoms with Crippen LogP contribution in [-0.4, -0.2) is 4.98 Å². The molecule has 0 spiro atoms. The lowest BCUT2D eigenvalue weighted by atomic mass is 9.98. The van der Waals surface area contributed by atoms with Crippen LogP contribution in [0.2, 0.25) is 0 Å². The molecule has 0 aliphatic carbocycles. The van der Waals surface area contributed by atoms with Gasteiger partial charge in [0.15, 0.2) is 0 Å². The van der Waals surface area contributed by atoms with E-state index in [1.54, 1.807) is 0 Å². The molecule has 0 aliphatic heterocycles. The van der Waals surface area contributed by atoms with Crippen molar-refractivity contribution in [1.29, 1.82) is 0 Å². The summed E-state index contributed by atoms with van der Waals surface area (Å²) in [6, 6.07) is 19.2. The molecule has 0 radical (unpaired) electrons.